The molecule has 0 bridgehead atoms. The van der Waals surface area contributed by atoms with Gasteiger partial charge >= 0.3 is 0 Å². The summed E-state index contributed by atoms with van der Waals surface area (Å²) in [4.78, 5) is 16.9. The number of carbonyl (C=O) groups excluding carboxylic acids is 1. The molecule has 1 fully saturated rings. The normalized spacial score (nSPS) is 16.8. The first-order valence-electron chi connectivity index (χ1n) is 8.90. The molecular weight excluding hydrogens is 318 g/mol. The fourth-order valence-corrected chi connectivity index (χ4v) is 2.84. The molecule has 0 spiro atoms. The van der Waals surface area contributed by atoms with E-state index >= 15 is 0 Å². The Morgan fingerprint density at radius 3 is 2.64 bits per heavy atom. The molecule has 6 heteroatoms. The van der Waals surface area contributed by atoms with E-state index in [0.717, 1.165) is 37.0 Å². The van der Waals surface area contributed by atoms with E-state index in [1.807, 2.05) is 24.3 Å². The third kappa shape index (κ3) is 3.83. The highest BCUT2D eigenvalue weighted by molar-refractivity contribution is 5.79. The Balaban J connectivity index is 1.78. The van der Waals surface area contributed by atoms with Crippen LogP contribution in [0.3, 0.4) is 0 Å². The lowest BCUT2D eigenvalue weighted by atomic mass is 9.84. The van der Waals surface area contributed by atoms with Gasteiger partial charge in [0, 0.05) is 11.5 Å². The Bertz CT molecular complexity index is 707. The maximum absolute atomic E-state index is 12.4. The standard InChI is InChI=1S/C19H25N3O3/c1-4-12(2)16(20-18(23)14-6-5-7-14)19-21-17(22-25-19)13-8-10-15(24-3)11-9-13/h8-12,14,16H,4-7H2,1-3H3,(H,20,23)/t12-,16+/m1/s1. The van der Waals surface area contributed by atoms with Crippen molar-refractivity contribution in [2.75, 3.05) is 7.11 Å². The topological polar surface area (TPSA) is 77.2 Å². The van der Waals surface area contributed by atoms with Gasteiger partial charge in [-0.05, 0) is 43.0 Å². The lowest BCUT2D eigenvalue weighted by molar-refractivity contribution is -0.128. The van der Waals surface area contributed by atoms with E-state index in [1.54, 1.807) is 7.11 Å². The molecular formula is C19H25N3O3. The Morgan fingerprint density at radius 1 is 1.36 bits per heavy atom. The predicted octanol–water partition coefficient (Wildman–Crippen LogP) is 3.75. The summed E-state index contributed by atoms with van der Waals surface area (Å²) in [5, 5.41) is 7.20. The number of ether oxygens (including phenoxy) is 1. The van der Waals surface area contributed by atoms with Crippen molar-refractivity contribution in [2.24, 2.45) is 11.8 Å². The Morgan fingerprint density at radius 2 is 2.08 bits per heavy atom. The number of rotatable bonds is 7. The summed E-state index contributed by atoms with van der Waals surface area (Å²) in [6, 6.07) is 7.24. The molecule has 25 heavy (non-hydrogen) atoms. The lowest BCUT2D eigenvalue weighted by Crippen LogP contribution is -2.39. The van der Waals surface area contributed by atoms with Crippen molar-refractivity contribution < 1.29 is 14.1 Å². The molecule has 1 aliphatic carbocycles. The van der Waals surface area contributed by atoms with Crippen molar-refractivity contribution in [2.45, 2.75) is 45.6 Å². The minimum Gasteiger partial charge on any atom is -0.497 e. The summed E-state index contributed by atoms with van der Waals surface area (Å²) >= 11 is 0. The second kappa shape index (κ2) is 7.68. The van der Waals surface area contributed by atoms with Gasteiger partial charge in [-0.15, -0.1) is 0 Å². The van der Waals surface area contributed by atoms with Gasteiger partial charge in [0.2, 0.25) is 17.6 Å². The van der Waals surface area contributed by atoms with Crippen LogP contribution >= 0.6 is 0 Å². The highest BCUT2D eigenvalue weighted by atomic mass is 16.5. The fraction of sp³-hybridized carbons (Fsp3) is 0.526. The van der Waals surface area contributed by atoms with E-state index in [0.29, 0.717) is 11.7 Å². The van der Waals surface area contributed by atoms with Crippen LogP contribution in [0.1, 0.15) is 51.5 Å². The van der Waals surface area contributed by atoms with E-state index in [4.69, 9.17) is 9.26 Å². The van der Waals surface area contributed by atoms with Crippen LogP contribution in [-0.2, 0) is 4.79 Å². The molecule has 3 rings (SSSR count). The zero-order valence-electron chi connectivity index (χ0n) is 15.0. The molecule has 1 saturated carbocycles. The molecule has 0 aliphatic heterocycles. The molecule has 6 nitrogen and oxygen atoms in total. The first kappa shape index (κ1) is 17.5. The summed E-state index contributed by atoms with van der Waals surface area (Å²) in [6.45, 7) is 4.18. The number of methoxy groups -OCH3 is 1. The van der Waals surface area contributed by atoms with Gasteiger partial charge < -0.3 is 14.6 Å². The van der Waals surface area contributed by atoms with Crippen LogP contribution in [0.15, 0.2) is 28.8 Å². The van der Waals surface area contributed by atoms with Crippen LogP contribution in [0.5, 0.6) is 5.75 Å². The maximum atomic E-state index is 12.4. The molecule has 0 radical (unpaired) electrons. The highest BCUT2D eigenvalue weighted by Crippen LogP contribution is 2.30. The molecule has 1 aromatic carbocycles. The van der Waals surface area contributed by atoms with Crippen LogP contribution in [0.25, 0.3) is 11.4 Å². The largest absolute Gasteiger partial charge is 0.497 e. The fourth-order valence-electron chi connectivity index (χ4n) is 2.84. The van der Waals surface area contributed by atoms with Crippen molar-refractivity contribution in [1.82, 2.24) is 15.5 Å². The number of hydrogen-bond acceptors (Lipinski definition) is 5. The molecule has 0 unspecified atom stereocenters. The summed E-state index contributed by atoms with van der Waals surface area (Å²) in [6.07, 6.45) is 3.99. The van der Waals surface area contributed by atoms with Crippen LogP contribution in [0.2, 0.25) is 0 Å². The van der Waals surface area contributed by atoms with Gasteiger partial charge in [-0.3, -0.25) is 4.79 Å². The van der Waals surface area contributed by atoms with Gasteiger partial charge in [-0.25, -0.2) is 0 Å². The predicted molar refractivity (Wildman–Crippen MR) is 94.0 cm³/mol. The van der Waals surface area contributed by atoms with Gasteiger partial charge in [0.05, 0.1) is 7.11 Å². The third-order valence-corrected chi connectivity index (χ3v) is 5.04. The molecule has 2 aromatic rings. The van der Waals surface area contributed by atoms with Gasteiger partial charge in [0.15, 0.2) is 0 Å². The zero-order chi connectivity index (χ0) is 17.8. The first-order valence-corrected chi connectivity index (χ1v) is 8.90. The molecule has 2 atom stereocenters. The van der Waals surface area contributed by atoms with Crippen LogP contribution in [0, 0.1) is 11.8 Å². The maximum Gasteiger partial charge on any atom is 0.249 e. The average molecular weight is 343 g/mol. The minimum atomic E-state index is -0.252. The molecule has 0 saturated heterocycles. The molecule has 1 aromatic heterocycles. The number of nitrogens with zero attached hydrogens (tertiary/aromatic N) is 2. The van der Waals surface area contributed by atoms with E-state index in [2.05, 4.69) is 29.3 Å². The van der Waals surface area contributed by atoms with Crippen molar-refractivity contribution in [3.05, 3.63) is 30.2 Å². The Kier molecular flexibility index (Phi) is 5.36. The van der Waals surface area contributed by atoms with Crippen LogP contribution in [-0.4, -0.2) is 23.2 Å². The quantitative estimate of drug-likeness (QED) is 0.828. The lowest BCUT2D eigenvalue weighted by Gasteiger charge is -2.28. The van der Waals surface area contributed by atoms with Gasteiger partial charge in [-0.2, -0.15) is 4.98 Å². The summed E-state index contributed by atoms with van der Waals surface area (Å²) in [5.41, 5.74) is 0.851. The monoisotopic (exact) mass is 343 g/mol. The number of aromatic nitrogens is 2. The van der Waals surface area contributed by atoms with Gasteiger partial charge in [-0.1, -0.05) is 31.8 Å². The van der Waals surface area contributed by atoms with Crippen LogP contribution in [0.4, 0.5) is 0 Å². The summed E-state index contributed by atoms with van der Waals surface area (Å²) in [5.74, 6) is 2.21. The van der Waals surface area contributed by atoms with Crippen molar-refractivity contribution >= 4 is 5.91 Å². The number of amides is 1. The number of benzene rings is 1. The molecule has 1 heterocycles. The van der Waals surface area contributed by atoms with Crippen LogP contribution < -0.4 is 10.1 Å². The second-order valence-corrected chi connectivity index (χ2v) is 6.68. The zero-order valence-corrected chi connectivity index (χ0v) is 15.0. The highest BCUT2D eigenvalue weighted by Gasteiger charge is 2.31. The van der Waals surface area contributed by atoms with E-state index in [9.17, 15) is 4.79 Å². The van der Waals surface area contributed by atoms with Gasteiger partial charge in [0.25, 0.3) is 0 Å². The van der Waals surface area contributed by atoms with Crippen molar-refractivity contribution in [1.29, 1.82) is 0 Å². The van der Waals surface area contributed by atoms with Crippen molar-refractivity contribution in [3.63, 3.8) is 0 Å². The first-order chi connectivity index (χ1) is 12.1. The number of hydrogen-bond donors (Lipinski definition) is 1. The third-order valence-electron chi connectivity index (χ3n) is 5.04. The molecule has 1 N–H and O–H groups in total. The van der Waals surface area contributed by atoms with Crippen molar-refractivity contribution in [3.8, 4) is 17.1 Å². The molecule has 1 amide bonds. The van der Waals surface area contributed by atoms with E-state index in [1.165, 1.54) is 0 Å². The summed E-state index contributed by atoms with van der Waals surface area (Å²) < 4.78 is 10.7. The number of carbonyl (C=O) groups is 1. The Hall–Kier alpha value is -2.37. The summed E-state index contributed by atoms with van der Waals surface area (Å²) in [7, 11) is 1.63. The minimum absolute atomic E-state index is 0.0979. The Labute approximate surface area is 148 Å². The van der Waals surface area contributed by atoms with E-state index in [-0.39, 0.29) is 23.8 Å². The number of nitrogens with one attached hydrogen (secondary N) is 1. The smallest absolute Gasteiger partial charge is 0.249 e. The SMILES string of the molecule is CC[C@@H](C)[C@H](NC(=O)C1CCC1)c1nc(-c2ccc(OC)cc2)no1. The molecule has 1 aliphatic rings. The molecule has 134 valence electrons. The second-order valence-electron chi connectivity index (χ2n) is 6.68. The van der Waals surface area contributed by atoms with Gasteiger partial charge in [0.1, 0.15) is 11.8 Å². The average Bonchev–Trinajstić information content (AvgIpc) is 3.07. The van der Waals surface area contributed by atoms with E-state index < -0.39 is 0 Å².